The lowest BCUT2D eigenvalue weighted by atomic mass is 9.99. The second-order valence-corrected chi connectivity index (χ2v) is 6.08. The fourth-order valence-corrected chi connectivity index (χ4v) is 3.12. The maximum absolute atomic E-state index is 12.7. The van der Waals surface area contributed by atoms with Crippen molar-refractivity contribution in [2.75, 3.05) is 6.61 Å². The maximum atomic E-state index is 12.7. The third kappa shape index (κ3) is 3.19. The van der Waals surface area contributed by atoms with E-state index in [4.69, 9.17) is 11.3 Å². The lowest BCUT2D eigenvalue weighted by molar-refractivity contribution is 0.0365. The summed E-state index contributed by atoms with van der Waals surface area (Å²) in [4.78, 5) is 22.3. The smallest absolute Gasteiger partial charge is 0.277 e. The molecule has 5 heteroatoms. The fraction of sp³-hybridized carbons (Fsp3) is 0.238. The molecule has 2 aromatic heterocycles. The highest BCUT2D eigenvalue weighted by atomic mass is 16.6. The Labute approximate surface area is 153 Å². The molecule has 3 aromatic rings. The fourth-order valence-electron chi connectivity index (χ4n) is 3.12. The van der Waals surface area contributed by atoms with Gasteiger partial charge in [-0.2, -0.15) is 0 Å². The molecule has 1 N–H and O–H groups in total. The van der Waals surface area contributed by atoms with E-state index in [1.807, 2.05) is 55.8 Å². The Bertz CT molecular complexity index is 1010. The number of carbonyl (C=O) groups excluding carboxylic acids is 1. The highest BCUT2D eigenvalue weighted by Crippen LogP contribution is 2.27. The highest BCUT2D eigenvalue weighted by molar-refractivity contribution is 6.07. The molecule has 1 amide bonds. The molecular weight excluding hydrogens is 326 g/mol. The molecule has 0 spiro atoms. The molecule has 1 aromatic carbocycles. The molecule has 5 nitrogen and oxygen atoms in total. The van der Waals surface area contributed by atoms with Gasteiger partial charge in [-0.25, -0.2) is 10.5 Å². The first kappa shape index (κ1) is 17.7. The first-order valence-electron chi connectivity index (χ1n) is 8.47. The topological polar surface area (TPSA) is 56.1 Å². The number of carbonyl (C=O) groups is 1. The summed E-state index contributed by atoms with van der Waals surface area (Å²) in [5, 5.41) is 0.806. The molecule has 0 bridgehead atoms. The van der Waals surface area contributed by atoms with E-state index in [1.54, 1.807) is 6.20 Å². The van der Waals surface area contributed by atoms with E-state index in [1.165, 1.54) is 0 Å². The molecule has 26 heavy (non-hydrogen) atoms. The summed E-state index contributed by atoms with van der Waals surface area (Å²) in [7, 11) is 1.92. The SMILES string of the molecule is C#Cc1ccc(Cc2c(C(=O)NOCC)c3cccnc3n2C)c(C)c1. The molecule has 3 rings (SSSR count). The van der Waals surface area contributed by atoms with Crippen LogP contribution in [-0.2, 0) is 18.3 Å². The second kappa shape index (κ2) is 7.42. The molecule has 132 valence electrons. The summed E-state index contributed by atoms with van der Waals surface area (Å²) in [5.41, 5.74) is 7.79. The Morgan fingerprint density at radius 1 is 1.38 bits per heavy atom. The third-order valence-corrected chi connectivity index (χ3v) is 4.47. The van der Waals surface area contributed by atoms with Crippen LogP contribution in [0.4, 0.5) is 0 Å². The number of aryl methyl sites for hydroxylation is 2. The van der Waals surface area contributed by atoms with Gasteiger partial charge in [0.05, 0.1) is 12.2 Å². The summed E-state index contributed by atoms with van der Waals surface area (Å²) >= 11 is 0. The molecule has 0 fully saturated rings. The van der Waals surface area contributed by atoms with Gasteiger partial charge >= 0.3 is 0 Å². The molecule has 0 unspecified atom stereocenters. The minimum absolute atomic E-state index is 0.265. The van der Waals surface area contributed by atoms with E-state index in [2.05, 4.69) is 16.4 Å². The van der Waals surface area contributed by atoms with E-state index in [-0.39, 0.29) is 5.91 Å². The Morgan fingerprint density at radius 2 is 2.19 bits per heavy atom. The number of amides is 1. The van der Waals surface area contributed by atoms with E-state index < -0.39 is 0 Å². The maximum Gasteiger partial charge on any atom is 0.277 e. The van der Waals surface area contributed by atoms with Gasteiger partial charge in [0, 0.05) is 36.3 Å². The average molecular weight is 347 g/mol. The summed E-state index contributed by atoms with van der Waals surface area (Å²) in [6.45, 7) is 4.25. The van der Waals surface area contributed by atoms with Gasteiger partial charge in [-0.3, -0.25) is 9.63 Å². The minimum Gasteiger partial charge on any atom is -0.332 e. The van der Waals surface area contributed by atoms with E-state index >= 15 is 0 Å². The third-order valence-electron chi connectivity index (χ3n) is 4.47. The van der Waals surface area contributed by atoms with Crippen LogP contribution in [0.2, 0.25) is 0 Å². The van der Waals surface area contributed by atoms with Gasteiger partial charge in [0.15, 0.2) is 0 Å². The first-order chi connectivity index (χ1) is 12.6. The molecule has 0 radical (unpaired) electrons. The van der Waals surface area contributed by atoms with Crippen LogP contribution in [0.5, 0.6) is 0 Å². The molecule has 0 aliphatic carbocycles. The predicted molar refractivity (Wildman–Crippen MR) is 102 cm³/mol. The van der Waals surface area contributed by atoms with Gasteiger partial charge in [-0.05, 0) is 49.2 Å². The zero-order chi connectivity index (χ0) is 18.7. The van der Waals surface area contributed by atoms with Crippen molar-refractivity contribution in [3.8, 4) is 12.3 Å². The van der Waals surface area contributed by atoms with Crippen molar-refractivity contribution in [2.24, 2.45) is 7.05 Å². The largest absolute Gasteiger partial charge is 0.332 e. The number of nitrogens with zero attached hydrogens (tertiary/aromatic N) is 2. The van der Waals surface area contributed by atoms with Crippen LogP contribution >= 0.6 is 0 Å². The summed E-state index contributed by atoms with van der Waals surface area (Å²) in [5.74, 6) is 2.38. The molecule has 0 saturated carbocycles. The molecule has 0 atom stereocenters. The van der Waals surface area contributed by atoms with Crippen LogP contribution in [0.1, 0.15) is 39.7 Å². The Kier molecular flexibility index (Phi) is 5.06. The number of hydrogen-bond acceptors (Lipinski definition) is 3. The molecule has 0 aliphatic rings. The standard InChI is InChI=1S/C21H21N3O2/c1-5-15-9-10-16(14(3)12-15)13-18-19(21(25)23-26-6-2)17-8-7-11-22-20(17)24(18)4/h1,7-12H,6,13H2,2-4H3,(H,23,25). The first-order valence-corrected chi connectivity index (χ1v) is 8.47. The predicted octanol–water partition coefficient (Wildman–Crippen LogP) is 3.14. The van der Waals surface area contributed by atoms with Gasteiger partial charge in [0.25, 0.3) is 5.91 Å². The van der Waals surface area contributed by atoms with Crippen molar-refractivity contribution in [3.05, 3.63) is 64.5 Å². The lowest BCUT2D eigenvalue weighted by Crippen LogP contribution is -2.24. The van der Waals surface area contributed by atoms with Crippen LogP contribution < -0.4 is 5.48 Å². The van der Waals surface area contributed by atoms with Crippen LogP contribution in [0, 0.1) is 19.3 Å². The van der Waals surface area contributed by atoms with Gasteiger partial charge in [-0.1, -0.05) is 12.0 Å². The highest BCUT2D eigenvalue weighted by Gasteiger charge is 2.22. The summed E-state index contributed by atoms with van der Waals surface area (Å²) in [6, 6.07) is 9.65. The number of hydroxylamine groups is 1. The molecular formula is C21H21N3O2. The van der Waals surface area contributed by atoms with Crippen LogP contribution in [0.3, 0.4) is 0 Å². The van der Waals surface area contributed by atoms with E-state index in [0.29, 0.717) is 18.6 Å². The van der Waals surface area contributed by atoms with Crippen LogP contribution in [0.15, 0.2) is 36.5 Å². The average Bonchev–Trinajstić information content (AvgIpc) is 2.93. The number of hydrogen-bond donors (Lipinski definition) is 1. The number of pyridine rings is 1. The van der Waals surface area contributed by atoms with Crippen molar-refractivity contribution in [1.82, 2.24) is 15.0 Å². The number of nitrogens with one attached hydrogen (secondary N) is 1. The van der Waals surface area contributed by atoms with Crippen molar-refractivity contribution < 1.29 is 9.63 Å². The number of fused-ring (bicyclic) bond motifs is 1. The zero-order valence-electron chi connectivity index (χ0n) is 15.2. The summed E-state index contributed by atoms with van der Waals surface area (Å²) in [6.07, 6.45) is 7.80. The van der Waals surface area contributed by atoms with Gasteiger partial charge in [0.1, 0.15) is 5.65 Å². The number of benzene rings is 1. The van der Waals surface area contributed by atoms with Crippen molar-refractivity contribution in [1.29, 1.82) is 0 Å². The Balaban J connectivity index is 2.11. The van der Waals surface area contributed by atoms with Crippen LogP contribution in [-0.4, -0.2) is 22.1 Å². The van der Waals surface area contributed by atoms with Crippen molar-refractivity contribution in [3.63, 3.8) is 0 Å². The van der Waals surface area contributed by atoms with Crippen molar-refractivity contribution in [2.45, 2.75) is 20.3 Å². The minimum atomic E-state index is -0.265. The summed E-state index contributed by atoms with van der Waals surface area (Å²) < 4.78 is 1.96. The number of aromatic nitrogens is 2. The van der Waals surface area contributed by atoms with Gasteiger partial charge < -0.3 is 4.57 Å². The van der Waals surface area contributed by atoms with Crippen molar-refractivity contribution >= 4 is 16.9 Å². The van der Waals surface area contributed by atoms with Gasteiger partial charge in [0.2, 0.25) is 0 Å². The quantitative estimate of drug-likeness (QED) is 0.570. The van der Waals surface area contributed by atoms with E-state index in [0.717, 1.165) is 33.4 Å². The Hall–Kier alpha value is -3.10. The van der Waals surface area contributed by atoms with E-state index in [9.17, 15) is 4.79 Å². The zero-order valence-corrected chi connectivity index (χ0v) is 15.2. The van der Waals surface area contributed by atoms with Crippen LogP contribution in [0.25, 0.3) is 11.0 Å². The Morgan fingerprint density at radius 3 is 2.88 bits per heavy atom. The second-order valence-electron chi connectivity index (χ2n) is 6.08. The molecule has 0 aliphatic heterocycles. The van der Waals surface area contributed by atoms with Gasteiger partial charge in [-0.15, -0.1) is 6.42 Å². The lowest BCUT2D eigenvalue weighted by Gasteiger charge is -2.11. The molecule has 2 heterocycles. The number of terminal acetylenes is 1. The number of rotatable bonds is 5. The normalized spacial score (nSPS) is 10.7. The molecule has 0 saturated heterocycles. The monoisotopic (exact) mass is 347 g/mol.